The number of hydrogen-bond donors (Lipinski definition) is 2. The Morgan fingerprint density at radius 3 is 2.62 bits per heavy atom. The summed E-state index contributed by atoms with van der Waals surface area (Å²) in [6.07, 6.45) is 5.63. The van der Waals surface area contributed by atoms with Gasteiger partial charge in [0.1, 0.15) is 0 Å². The number of nitrogens with zero attached hydrogens (tertiary/aromatic N) is 1. The molecule has 1 aliphatic carbocycles. The Balaban J connectivity index is 1.91. The highest BCUT2D eigenvalue weighted by molar-refractivity contribution is 5.77. The lowest BCUT2D eigenvalue weighted by Crippen LogP contribution is -2.48. The third-order valence-corrected chi connectivity index (χ3v) is 4.77. The number of amides is 1. The molecule has 0 bridgehead atoms. The second kappa shape index (κ2) is 7.22. The maximum Gasteiger partial charge on any atom is 0.306 e. The van der Waals surface area contributed by atoms with E-state index in [1.165, 1.54) is 6.42 Å². The third-order valence-electron chi connectivity index (χ3n) is 4.77. The molecule has 0 aromatic carbocycles. The molecule has 0 spiro atoms. The monoisotopic (exact) mass is 298 g/mol. The van der Waals surface area contributed by atoms with Crippen molar-refractivity contribution in [3.63, 3.8) is 0 Å². The highest BCUT2D eigenvalue weighted by Gasteiger charge is 2.35. The molecule has 2 fully saturated rings. The number of carbonyl (C=O) groups excluding carboxylic acids is 1. The van der Waals surface area contributed by atoms with Crippen LogP contribution in [0.25, 0.3) is 0 Å². The first-order valence-electron chi connectivity index (χ1n) is 7.86. The molecule has 1 atom stereocenters. The zero-order valence-corrected chi connectivity index (χ0v) is 12.6. The summed E-state index contributed by atoms with van der Waals surface area (Å²) in [5.41, 5.74) is 5.89. The van der Waals surface area contributed by atoms with Crippen LogP contribution < -0.4 is 5.73 Å². The maximum atomic E-state index is 12.5. The van der Waals surface area contributed by atoms with Crippen molar-refractivity contribution in [2.24, 2.45) is 11.1 Å². The van der Waals surface area contributed by atoms with E-state index in [1.54, 1.807) is 4.90 Å². The van der Waals surface area contributed by atoms with Gasteiger partial charge < -0.3 is 20.5 Å². The molecule has 0 aromatic rings. The molecule has 0 radical (unpaired) electrons. The number of nitrogens with two attached hydrogens (primary N) is 1. The molecule has 120 valence electrons. The Labute approximate surface area is 125 Å². The van der Waals surface area contributed by atoms with Crippen LogP contribution in [0.3, 0.4) is 0 Å². The van der Waals surface area contributed by atoms with Crippen molar-refractivity contribution in [2.45, 2.75) is 51.0 Å². The number of hydrogen-bond acceptors (Lipinski definition) is 4. The van der Waals surface area contributed by atoms with Crippen LogP contribution in [0.1, 0.15) is 44.9 Å². The van der Waals surface area contributed by atoms with E-state index in [9.17, 15) is 9.59 Å². The van der Waals surface area contributed by atoms with Crippen LogP contribution in [0.2, 0.25) is 0 Å². The van der Waals surface area contributed by atoms with Gasteiger partial charge in [-0.25, -0.2) is 0 Å². The fourth-order valence-corrected chi connectivity index (χ4v) is 3.45. The van der Waals surface area contributed by atoms with Crippen LogP contribution in [-0.4, -0.2) is 54.2 Å². The SMILES string of the molecule is NCC1(CC(=O)N2CCOC(CC(=O)O)C2)CCCCC1. The topological polar surface area (TPSA) is 92.9 Å². The molecule has 1 unspecified atom stereocenters. The van der Waals surface area contributed by atoms with E-state index in [-0.39, 0.29) is 23.8 Å². The van der Waals surface area contributed by atoms with Crippen LogP contribution in [0.4, 0.5) is 0 Å². The fraction of sp³-hybridized carbons (Fsp3) is 0.867. The van der Waals surface area contributed by atoms with Crippen molar-refractivity contribution in [1.82, 2.24) is 4.90 Å². The van der Waals surface area contributed by atoms with Crippen LogP contribution in [-0.2, 0) is 14.3 Å². The van der Waals surface area contributed by atoms with Gasteiger partial charge in [-0.05, 0) is 24.8 Å². The second-order valence-electron chi connectivity index (χ2n) is 6.37. The van der Waals surface area contributed by atoms with Gasteiger partial charge in [0.2, 0.25) is 5.91 Å². The summed E-state index contributed by atoms with van der Waals surface area (Å²) in [4.78, 5) is 25.0. The first-order valence-corrected chi connectivity index (χ1v) is 7.86. The second-order valence-corrected chi connectivity index (χ2v) is 6.37. The Kier molecular flexibility index (Phi) is 5.58. The highest BCUT2D eigenvalue weighted by atomic mass is 16.5. The largest absolute Gasteiger partial charge is 0.481 e. The van der Waals surface area contributed by atoms with Gasteiger partial charge >= 0.3 is 5.97 Å². The van der Waals surface area contributed by atoms with Gasteiger partial charge in [0.15, 0.2) is 0 Å². The normalized spacial score (nSPS) is 25.6. The van der Waals surface area contributed by atoms with E-state index >= 15 is 0 Å². The molecule has 1 amide bonds. The maximum absolute atomic E-state index is 12.5. The van der Waals surface area contributed by atoms with Gasteiger partial charge in [0.05, 0.1) is 19.1 Å². The molecule has 1 aliphatic heterocycles. The molecule has 1 heterocycles. The molecule has 1 saturated carbocycles. The third kappa shape index (κ3) is 4.41. The van der Waals surface area contributed by atoms with Crippen molar-refractivity contribution in [1.29, 1.82) is 0 Å². The smallest absolute Gasteiger partial charge is 0.306 e. The van der Waals surface area contributed by atoms with E-state index < -0.39 is 5.97 Å². The summed E-state index contributed by atoms with van der Waals surface area (Å²) < 4.78 is 5.41. The van der Waals surface area contributed by atoms with Gasteiger partial charge in [-0.1, -0.05) is 19.3 Å². The molecule has 1 saturated heterocycles. The number of rotatable bonds is 5. The number of morpholine rings is 1. The minimum atomic E-state index is -0.889. The van der Waals surface area contributed by atoms with Gasteiger partial charge in [-0.3, -0.25) is 9.59 Å². The van der Waals surface area contributed by atoms with E-state index in [1.807, 2.05) is 0 Å². The summed E-state index contributed by atoms with van der Waals surface area (Å²) in [5, 5.41) is 8.83. The standard InChI is InChI=1S/C15H26N2O4/c16-11-15(4-2-1-3-5-15)9-13(18)17-6-7-21-12(10-17)8-14(19)20/h12H,1-11,16H2,(H,19,20). The van der Waals surface area contributed by atoms with Gasteiger partial charge in [-0.15, -0.1) is 0 Å². The van der Waals surface area contributed by atoms with Crippen molar-refractivity contribution >= 4 is 11.9 Å². The summed E-state index contributed by atoms with van der Waals surface area (Å²) >= 11 is 0. The first-order chi connectivity index (χ1) is 10.0. The van der Waals surface area contributed by atoms with E-state index in [0.717, 1.165) is 25.7 Å². The average molecular weight is 298 g/mol. The lowest BCUT2D eigenvalue weighted by molar-refractivity contribution is -0.149. The lowest BCUT2D eigenvalue weighted by Gasteiger charge is -2.39. The number of carboxylic acids is 1. The molecule has 6 nitrogen and oxygen atoms in total. The first kappa shape index (κ1) is 16.2. The minimum Gasteiger partial charge on any atom is -0.481 e. The summed E-state index contributed by atoms with van der Waals surface area (Å²) in [5.74, 6) is -0.791. The molecular weight excluding hydrogens is 272 g/mol. The average Bonchev–Trinajstić information content (AvgIpc) is 2.48. The van der Waals surface area contributed by atoms with Gasteiger partial charge in [-0.2, -0.15) is 0 Å². The molecular formula is C15H26N2O4. The van der Waals surface area contributed by atoms with Crippen molar-refractivity contribution < 1.29 is 19.4 Å². The summed E-state index contributed by atoms with van der Waals surface area (Å²) in [6.45, 7) is 1.91. The zero-order valence-electron chi connectivity index (χ0n) is 12.6. The molecule has 2 rings (SSSR count). The Hall–Kier alpha value is -1.14. The molecule has 6 heteroatoms. The number of ether oxygens (including phenoxy) is 1. The van der Waals surface area contributed by atoms with Crippen molar-refractivity contribution in [2.75, 3.05) is 26.2 Å². The number of carboxylic acid groups (broad SMARTS) is 1. The van der Waals surface area contributed by atoms with E-state index in [0.29, 0.717) is 32.7 Å². The summed E-state index contributed by atoms with van der Waals surface area (Å²) in [7, 11) is 0. The van der Waals surface area contributed by atoms with Crippen LogP contribution in [0.15, 0.2) is 0 Å². The molecule has 2 aliphatic rings. The van der Waals surface area contributed by atoms with E-state index in [4.69, 9.17) is 15.6 Å². The van der Waals surface area contributed by atoms with Crippen LogP contribution in [0.5, 0.6) is 0 Å². The Morgan fingerprint density at radius 2 is 2.00 bits per heavy atom. The molecule has 3 N–H and O–H groups in total. The van der Waals surface area contributed by atoms with Crippen molar-refractivity contribution in [3.8, 4) is 0 Å². The van der Waals surface area contributed by atoms with Gasteiger partial charge in [0.25, 0.3) is 0 Å². The quantitative estimate of drug-likeness (QED) is 0.789. The molecule has 21 heavy (non-hydrogen) atoms. The zero-order chi connectivity index (χ0) is 15.3. The van der Waals surface area contributed by atoms with Crippen LogP contribution >= 0.6 is 0 Å². The molecule has 0 aromatic heterocycles. The van der Waals surface area contributed by atoms with E-state index in [2.05, 4.69) is 0 Å². The summed E-state index contributed by atoms with van der Waals surface area (Å²) in [6, 6.07) is 0. The minimum absolute atomic E-state index is 0.0457. The Bertz CT molecular complexity index is 380. The number of carbonyl (C=O) groups is 2. The number of aliphatic carboxylic acids is 1. The predicted octanol–water partition coefficient (Wildman–Crippen LogP) is 0.988. The van der Waals surface area contributed by atoms with Crippen LogP contribution in [0, 0.1) is 5.41 Å². The van der Waals surface area contributed by atoms with Gasteiger partial charge in [0, 0.05) is 19.5 Å². The highest BCUT2D eigenvalue weighted by Crippen LogP contribution is 2.38. The Morgan fingerprint density at radius 1 is 1.29 bits per heavy atom. The fourth-order valence-electron chi connectivity index (χ4n) is 3.45. The van der Waals surface area contributed by atoms with Crippen molar-refractivity contribution in [3.05, 3.63) is 0 Å². The predicted molar refractivity (Wildman–Crippen MR) is 77.8 cm³/mol. The lowest BCUT2D eigenvalue weighted by atomic mass is 9.71.